The standard InChI is InChI=1S/C11H17NO3/c13-10(7-8-3-1-4-8)12-6-2-5-9(12)11(14)15/h8-9H,1-7H2,(H,14,15). The zero-order valence-corrected chi connectivity index (χ0v) is 8.82. The summed E-state index contributed by atoms with van der Waals surface area (Å²) < 4.78 is 0. The lowest BCUT2D eigenvalue weighted by Gasteiger charge is -2.28. The van der Waals surface area contributed by atoms with Gasteiger partial charge in [-0.15, -0.1) is 0 Å². The zero-order chi connectivity index (χ0) is 10.8. The second-order valence-corrected chi connectivity index (χ2v) is 4.58. The van der Waals surface area contributed by atoms with E-state index in [4.69, 9.17) is 5.11 Å². The predicted octanol–water partition coefficient (Wildman–Crippen LogP) is 1.25. The molecule has 1 saturated heterocycles. The normalized spacial score (nSPS) is 26.4. The van der Waals surface area contributed by atoms with E-state index in [-0.39, 0.29) is 5.91 Å². The van der Waals surface area contributed by atoms with E-state index in [2.05, 4.69) is 0 Å². The maximum absolute atomic E-state index is 11.8. The van der Waals surface area contributed by atoms with E-state index in [9.17, 15) is 9.59 Å². The number of rotatable bonds is 3. The largest absolute Gasteiger partial charge is 0.480 e. The number of hydrogen-bond donors (Lipinski definition) is 1. The number of carbonyl (C=O) groups is 2. The highest BCUT2D eigenvalue weighted by atomic mass is 16.4. The Bertz CT molecular complexity index is 273. The molecular weight excluding hydrogens is 194 g/mol. The molecule has 1 aliphatic carbocycles. The van der Waals surface area contributed by atoms with Crippen LogP contribution in [0.25, 0.3) is 0 Å². The lowest BCUT2D eigenvalue weighted by molar-refractivity contribution is -0.148. The Labute approximate surface area is 89.3 Å². The molecule has 4 nitrogen and oxygen atoms in total. The van der Waals surface area contributed by atoms with Crippen LogP contribution in [0.4, 0.5) is 0 Å². The van der Waals surface area contributed by atoms with Gasteiger partial charge in [-0.1, -0.05) is 6.42 Å². The summed E-state index contributed by atoms with van der Waals surface area (Å²) >= 11 is 0. The highest BCUT2D eigenvalue weighted by Crippen LogP contribution is 2.31. The van der Waals surface area contributed by atoms with Crippen LogP contribution >= 0.6 is 0 Å². The number of carboxylic acids is 1. The molecule has 1 heterocycles. The smallest absolute Gasteiger partial charge is 0.326 e. The van der Waals surface area contributed by atoms with E-state index in [0.29, 0.717) is 25.3 Å². The van der Waals surface area contributed by atoms with E-state index in [0.717, 1.165) is 19.3 Å². The van der Waals surface area contributed by atoms with Crippen molar-refractivity contribution in [3.8, 4) is 0 Å². The Hall–Kier alpha value is -1.06. The maximum atomic E-state index is 11.8. The van der Waals surface area contributed by atoms with Gasteiger partial charge < -0.3 is 10.0 Å². The molecule has 0 radical (unpaired) electrons. The fourth-order valence-electron chi connectivity index (χ4n) is 2.38. The van der Waals surface area contributed by atoms with Crippen molar-refractivity contribution in [1.82, 2.24) is 4.90 Å². The zero-order valence-electron chi connectivity index (χ0n) is 8.82. The van der Waals surface area contributed by atoms with Gasteiger partial charge in [0.2, 0.25) is 5.91 Å². The second kappa shape index (κ2) is 4.21. The number of aliphatic carboxylic acids is 1. The van der Waals surface area contributed by atoms with Gasteiger partial charge in [-0.3, -0.25) is 4.79 Å². The van der Waals surface area contributed by atoms with Crippen molar-refractivity contribution in [3.05, 3.63) is 0 Å². The average Bonchev–Trinajstić information content (AvgIpc) is 2.59. The molecule has 4 heteroatoms. The molecule has 1 atom stereocenters. The van der Waals surface area contributed by atoms with Crippen LogP contribution in [0.3, 0.4) is 0 Å². The van der Waals surface area contributed by atoms with E-state index >= 15 is 0 Å². The van der Waals surface area contributed by atoms with E-state index in [1.54, 1.807) is 4.90 Å². The maximum Gasteiger partial charge on any atom is 0.326 e. The van der Waals surface area contributed by atoms with Crippen LogP contribution < -0.4 is 0 Å². The van der Waals surface area contributed by atoms with Crippen LogP contribution in [0.1, 0.15) is 38.5 Å². The molecule has 0 aromatic carbocycles. The van der Waals surface area contributed by atoms with Crippen LogP contribution in [-0.2, 0) is 9.59 Å². The Morgan fingerprint density at radius 1 is 1.20 bits per heavy atom. The molecule has 2 aliphatic rings. The SMILES string of the molecule is O=C(O)C1CCCN1C(=O)CC1CCC1. The molecule has 0 aromatic rings. The summed E-state index contributed by atoms with van der Waals surface area (Å²) in [6.45, 7) is 0.628. The Kier molecular flexibility index (Phi) is 2.93. The minimum atomic E-state index is -0.852. The first-order valence-corrected chi connectivity index (χ1v) is 5.71. The van der Waals surface area contributed by atoms with Gasteiger partial charge in [-0.05, 0) is 31.6 Å². The van der Waals surface area contributed by atoms with Gasteiger partial charge in [0.15, 0.2) is 0 Å². The first-order valence-electron chi connectivity index (χ1n) is 5.71. The van der Waals surface area contributed by atoms with E-state index in [1.165, 1.54) is 6.42 Å². The second-order valence-electron chi connectivity index (χ2n) is 4.58. The van der Waals surface area contributed by atoms with Gasteiger partial charge in [0.25, 0.3) is 0 Å². The molecule has 2 fully saturated rings. The summed E-state index contributed by atoms with van der Waals surface area (Å²) in [5, 5.41) is 8.94. The van der Waals surface area contributed by atoms with Crippen LogP contribution in [0.15, 0.2) is 0 Å². The minimum Gasteiger partial charge on any atom is -0.480 e. The number of nitrogens with zero attached hydrogens (tertiary/aromatic N) is 1. The highest BCUT2D eigenvalue weighted by molar-refractivity contribution is 5.84. The molecule has 2 rings (SSSR count). The van der Waals surface area contributed by atoms with Crippen LogP contribution in [0, 0.1) is 5.92 Å². The molecule has 1 unspecified atom stereocenters. The topological polar surface area (TPSA) is 57.6 Å². The van der Waals surface area contributed by atoms with Gasteiger partial charge in [-0.2, -0.15) is 0 Å². The van der Waals surface area contributed by atoms with Gasteiger partial charge in [0.05, 0.1) is 0 Å². The molecule has 84 valence electrons. The fourth-order valence-corrected chi connectivity index (χ4v) is 2.38. The average molecular weight is 211 g/mol. The van der Waals surface area contributed by atoms with Crippen molar-refractivity contribution < 1.29 is 14.7 Å². The first kappa shape index (κ1) is 10.5. The number of amides is 1. The third kappa shape index (κ3) is 2.13. The van der Waals surface area contributed by atoms with Crippen LogP contribution in [-0.4, -0.2) is 34.5 Å². The summed E-state index contributed by atoms with van der Waals surface area (Å²) in [5.41, 5.74) is 0. The third-order valence-electron chi connectivity index (χ3n) is 3.55. The Morgan fingerprint density at radius 2 is 1.93 bits per heavy atom. The summed E-state index contributed by atoms with van der Waals surface area (Å²) in [6, 6.07) is -0.558. The molecule has 1 aliphatic heterocycles. The number of carboxylic acid groups (broad SMARTS) is 1. The van der Waals surface area contributed by atoms with Crippen molar-refractivity contribution in [2.24, 2.45) is 5.92 Å². The minimum absolute atomic E-state index is 0.0459. The summed E-state index contributed by atoms with van der Waals surface area (Å²) in [5.74, 6) is -0.286. The van der Waals surface area contributed by atoms with Crippen molar-refractivity contribution in [1.29, 1.82) is 0 Å². The Balaban J connectivity index is 1.90. The van der Waals surface area contributed by atoms with Gasteiger partial charge in [0, 0.05) is 13.0 Å². The van der Waals surface area contributed by atoms with Crippen LogP contribution in [0.2, 0.25) is 0 Å². The summed E-state index contributed by atoms with van der Waals surface area (Å²) in [6.07, 6.45) is 5.50. The van der Waals surface area contributed by atoms with E-state index < -0.39 is 12.0 Å². The van der Waals surface area contributed by atoms with Gasteiger partial charge >= 0.3 is 5.97 Å². The van der Waals surface area contributed by atoms with Crippen molar-refractivity contribution in [2.45, 2.75) is 44.6 Å². The van der Waals surface area contributed by atoms with Crippen molar-refractivity contribution in [2.75, 3.05) is 6.54 Å². The first-order chi connectivity index (χ1) is 7.18. The molecule has 1 amide bonds. The Morgan fingerprint density at radius 3 is 2.47 bits per heavy atom. The number of carbonyl (C=O) groups excluding carboxylic acids is 1. The van der Waals surface area contributed by atoms with Crippen molar-refractivity contribution in [3.63, 3.8) is 0 Å². The number of hydrogen-bond acceptors (Lipinski definition) is 2. The fraction of sp³-hybridized carbons (Fsp3) is 0.818. The molecular formula is C11H17NO3. The lowest BCUT2D eigenvalue weighted by atomic mass is 9.82. The lowest BCUT2D eigenvalue weighted by Crippen LogP contribution is -2.41. The van der Waals surface area contributed by atoms with E-state index in [1.807, 2.05) is 0 Å². The highest BCUT2D eigenvalue weighted by Gasteiger charge is 2.35. The predicted molar refractivity (Wildman–Crippen MR) is 54.3 cm³/mol. The summed E-state index contributed by atoms with van der Waals surface area (Å²) in [4.78, 5) is 24.3. The molecule has 1 saturated carbocycles. The van der Waals surface area contributed by atoms with Gasteiger partial charge in [-0.25, -0.2) is 4.79 Å². The van der Waals surface area contributed by atoms with Crippen molar-refractivity contribution >= 4 is 11.9 Å². The number of likely N-dealkylation sites (tertiary alicyclic amines) is 1. The molecule has 0 spiro atoms. The quantitative estimate of drug-likeness (QED) is 0.764. The van der Waals surface area contributed by atoms with Crippen LogP contribution in [0.5, 0.6) is 0 Å². The molecule has 15 heavy (non-hydrogen) atoms. The third-order valence-corrected chi connectivity index (χ3v) is 3.55. The summed E-state index contributed by atoms with van der Waals surface area (Å²) in [7, 11) is 0. The molecule has 0 aromatic heterocycles. The molecule has 0 bridgehead atoms. The van der Waals surface area contributed by atoms with Gasteiger partial charge in [0.1, 0.15) is 6.04 Å². The monoisotopic (exact) mass is 211 g/mol. The molecule has 1 N–H and O–H groups in total.